The molecule has 0 unspecified atom stereocenters. The van der Waals surface area contributed by atoms with E-state index in [1.165, 1.54) is 18.2 Å². The van der Waals surface area contributed by atoms with Crippen molar-refractivity contribution in [2.75, 3.05) is 6.54 Å². The Morgan fingerprint density at radius 3 is 2.46 bits per heavy atom. The Labute approximate surface area is 141 Å². The van der Waals surface area contributed by atoms with Crippen LogP contribution in [-0.2, 0) is 4.79 Å². The maximum Gasteiger partial charge on any atom is 0.269 e. The lowest BCUT2D eigenvalue weighted by Crippen LogP contribution is -2.59. The van der Waals surface area contributed by atoms with Gasteiger partial charge in [-0.1, -0.05) is 19.3 Å². The van der Waals surface area contributed by atoms with Gasteiger partial charge in [0.1, 0.15) is 5.54 Å². The van der Waals surface area contributed by atoms with Gasteiger partial charge in [0.05, 0.1) is 4.92 Å². The number of hydrogen-bond acceptors (Lipinski definition) is 4. The fraction of sp³-hybridized carbons (Fsp3) is 0.529. The van der Waals surface area contributed by atoms with Gasteiger partial charge in [0, 0.05) is 24.2 Å². The highest BCUT2D eigenvalue weighted by atomic mass is 16.6. The van der Waals surface area contributed by atoms with Crippen molar-refractivity contribution in [2.45, 2.75) is 51.5 Å². The number of nitrogens with one attached hydrogen (secondary N) is 2. The zero-order valence-electron chi connectivity index (χ0n) is 14.1. The van der Waals surface area contributed by atoms with Crippen LogP contribution in [-0.4, -0.2) is 28.8 Å². The first kappa shape index (κ1) is 17.9. The number of likely N-dealkylation sites (N-methyl/N-ethyl adjacent to an activating group) is 1. The van der Waals surface area contributed by atoms with Crippen LogP contribution in [0.15, 0.2) is 18.2 Å². The molecule has 2 N–H and O–H groups in total. The second kappa shape index (κ2) is 7.42. The number of benzene rings is 1. The fourth-order valence-corrected chi connectivity index (χ4v) is 3.19. The second-order valence-electron chi connectivity index (χ2n) is 6.21. The van der Waals surface area contributed by atoms with E-state index in [1.807, 2.05) is 6.92 Å². The minimum Gasteiger partial charge on any atom is -0.354 e. The molecule has 0 heterocycles. The van der Waals surface area contributed by atoms with Gasteiger partial charge in [-0.05, 0) is 38.3 Å². The van der Waals surface area contributed by atoms with E-state index < -0.39 is 10.5 Å². The van der Waals surface area contributed by atoms with Gasteiger partial charge in [-0.15, -0.1) is 0 Å². The number of nitro groups is 1. The molecule has 0 aliphatic heterocycles. The summed E-state index contributed by atoms with van der Waals surface area (Å²) in [4.78, 5) is 35.5. The van der Waals surface area contributed by atoms with Gasteiger partial charge in [-0.3, -0.25) is 19.7 Å². The third kappa shape index (κ3) is 3.72. The number of carbonyl (C=O) groups is 2. The van der Waals surface area contributed by atoms with Crippen molar-refractivity contribution in [3.63, 3.8) is 0 Å². The molecule has 130 valence electrons. The van der Waals surface area contributed by atoms with Crippen molar-refractivity contribution < 1.29 is 14.5 Å². The van der Waals surface area contributed by atoms with E-state index in [0.29, 0.717) is 30.5 Å². The molecule has 2 rings (SSSR count). The molecule has 1 fully saturated rings. The summed E-state index contributed by atoms with van der Waals surface area (Å²) in [7, 11) is 0. The fourth-order valence-electron chi connectivity index (χ4n) is 3.19. The van der Waals surface area contributed by atoms with Crippen molar-refractivity contribution >= 4 is 17.5 Å². The Morgan fingerprint density at radius 2 is 1.92 bits per heavy atom. The zero-order valence-corrected chi connectivity index (χ0v) is 14.1. The molecule has 1 aliphatic carbocycles. The average Bonchev–Trinajstić information content (AvgIpc) is 2.55. The monoisotopic (exact) mass is 333 g/mol. The molecule has 0 spiro atoms. The Balaban J connectivity index is 2.24. The Bertz CT molecular complexity index is 651. The lowest BCUT2D eigenvalue weighted by molar-refractivity contribution is -0.384. The number of rotatable bonds is 5. The molecule has 24 heavy (non-hydrogen) atoms. The summed E-state index contributed by atoms with van der Waals surface area (Å²) in [5.74, 6) is -0.520. The minimum atomic E-state index is -0.889. The van der Waals surface area contributed by atoms with Crippen LogP contribution in [0.5, 0.6) is 0 Å². The van der Waals surface area contributed by atoms with Crippen LogP contribution in [0.1, 0.15) is 54.9 Å². The van der Waals surface area contributed by atoms with Crippen LogP contribution >= 0.6 is 0 Å². The second-order valence-corrected chi connectivity index (χ2v) is 6.21. The quantitative estimate of drug-likeness (QED) is 0.638. The molecular weight excluding hydrogens is 310 g/mol. The Morgan fingerprint density at radius 1 is 1.25 bits per heavy atom. The predicted molar refractivity (Wildman–Crippen MR) is 89.8 cm³/mol. The van der Waals surface area contributed by atoms with Crippen LogP contribution < -0.4 is 10.6 Å². The molecule has 1 aromatic rings. The SMILES string of the molecule is CCNC(=O)C1(NC(=O)c2ccc([N+](=O)[O-])cc2C)CCCCC1. The molecule has 0 radical (unpaired) electrons. The van der Waals surface area contributed by atoms with E-state index in [-0.39, 0.29) is 17.5 Å². The van der Waals surface area contributed by atoms with Crippen LogP contribution in [0, 0.1) is 17.0 Å². The molecule has 2 amide bonds. The number of nitrogens with zero attached hydrogens (tertiary/aromatic N) is 1. The average molecular weight is 333 g/mol. The standard InChI is InChI=1S/C17H23N3O4/c1-3-18-16(22)17(9-5-4-6-10-17)19-15(21)14-8-7-13(20(23)24)11-12(14)2/h7-8,11H,3-6,9-10H2,1-2H3,(H,18,22)(H,19,21). The van der Waals surface area contributed by atoms with Crippen LogP contribution in [0.2, 0.25) is 0 Å². The molecule has 7 heteroatoms. The smallest absolute Gasteiger partial charge is 0.269 e. The molecule has 0 saturated heterocycles. The summed E-state index contributed by atoms with van der Waals surface area (Å²) in [6.45, 7) is 4.01. The first-order valence-electron chi connectivity index (χ1n) is 8.25. The van der Waals surface area contributed by atoms with Gasteiger partial charge < -0.3 is 10.6 Å². The third-order valence-corrected chi connectivity index (χ3v) is 4.50. The van der Waals surface area contributed by atoms with Gasteiger partial charge in [0.25, 0.3) is 11.6 Å². The lowest BCUT2D eigenvalue weighted by Gasteiger charge is -2.36. The molecule has 1 aromatic carbocycles. The van der Waals surface area contributed by atoms with Crippen molar-refractivity contribution in [1.82, 2.24) is 10.6 Å². The predicted octanol–water partition coefficient (Wildman–Crippen LogP) is 2.47. The largest absolute Gasteiger partial charge is 0.354 e. The summed E-state index contributed by atoms with van der Waals surface area (Å²) < 4.78 is 0. The van der Waals surface area contributed by atoms with E-state index in [4.69, 9.17) is 0 Å². The van der Waals surface area contributed by atoms with E-state index >= 15 is 0 Å². The summed E-state index contributed by atoms with van der Waals surface area (Å²) in [5.41, 5.74) is -0.0712. The first-order valence-corrected chi connectivity index (χ1v) is 8.25. The van der Waals surface area contributed by atoms with Gasteiger partial charge in [0.15, 0.2) is 0 Å². The van der Waals surface area contributed by atoms with Gasteiger partial charge >= 0.3 is 0 Å². The van der Waals surface area contributed by atoms with Crippen molar-refractivity contribution in [1.29, 1.82) is 0 Å². The van der Waals surface area contributed by atoms with Crippen molar-refractivity contribution in [3.05, 3.63) is 39.4 Å². The lowest BCUT2D eigenvalue weighted by atomic mass is 9.80. The Kier molecular flexibility index (Phi) is 5.54. The highest BCUT2D eigenvalue weighted by molar-refractivity contribution is 6.00. The summed E-state index contributed by atoms with van der Waals surface area (Å²) in [5, 5.41) is 16.5. The van der Waals surface area contributed by atoms with Gasteiger partial charge in [-0.2, -0.15) is 0 Å². The molecule has 0 aromatic heterocycles. The number of nitro benzene ring substituents is 1. The molecule has 0 atom stereocenters. The molecular formula is C17H23N3O4. The van der Waals surface area contributed by atoms with Crippen molar-refractivity contribution in [2.24, 2.45) is 0 Å². The summed E-state index contributed by atoms with van der Waals surface area (Å²) >= 11 is 0. The van der Waals surface area contributed by atoms with E-state index in [9.17, 15) is 19.7 Å². The number of non-ortho nitro benzene ring substituents is 1. The zero-order chi connectivity index (χ0) is 17.7. The maximum atomic E-state index is 12.7. The molecule has 1 aliphatic rings. The van der Waals surface area contributed by atoms with Gasteiger partial charge in [0.2, 0.25) is 5.91 Å². The van der Waals surface area contributed by atoms with Gasteiger partial charge in [-0.25, -0.2) is 0 Å². The van der Waals surface area contributed by atoms with E-state index in [0.717, 1.165) is 19.3 Å². The highest BCUT2D eigenvalue weighted by Gasteiger charge is 2.40. The number of hydrogen-bond donors (Lipinski definition) is 2. The Hall–Kier alpha value is -2.44. The van der Waals surface area contributed by atoms with E-state index in [1.54, 1.807) is 6.92 Å². The number of aryl methyl sites for hydroxylation is 1. The molecule has 1 saturated carbocycles. The van der Waals surface area contributed by atoms with Crippen LogP contribution in [0.25, 0.3) is 0 Å². The highest BCUT2D eigenvalue weighted by Crippen LogP contribution is 2.29. The maximum absolute atomic E-state index is 12.7. The molecule has 7 nitrogen and oxygen atoms in total. The summed E-state index contributed by atoms with van der Waals surface area (Å²) in [6.07, 6.45) is 4.04. The third-order valence-electron chi connectivity index (χ3n) is 4.50. The summed E-state index contributed by atoms with van der Waals surface area (Å²) in [6, 6.07) is 4.12. The molecule has 0 bridgehead atoms. The van der Waals surface area contributed by atoms with Crippen molar-refractivity contribution in [3.8, 4) is 0 Å². The van der Waals surface area contributed by atoms with Crippen LogP contribution in [0.3, 0.4) is 0 Å². The number of amides is 2. The normalized spacial score (nSPS) is 16.2. The minimum absolute atomic E-state index is 0.0554. The first-order chi connectivity index (χ1) is 11.4. The number of carbonyl (C=O) groups excluding carboxylic acids is 2. The topological polar surface area (TPSA) is 101 Å². The van der Waals surface area contributed by atoms with E-state index in [2.05, 4.69) is 10.6 Å². The van der Waals surface area contributed by atoms with Crippen LogP contribution in [0.4, 0.5) is 5.69 Å².